The lowest BCUT2D eigenvalue weighted by molar-refractivity contribution is -0.142. The molecule has 1 aromatic rings. The van der Waals surface area contributed by atoms with E-state index in [1.165, 1.54) is 11.3 Å². The van der Waals surface area contributed by atoms with Gasteiger partial charge in [-0.15, -0.1) is 0 Å². The van der Waals surface area contributed by atoms with Crippen LogP contribution in [-0.4, -0.2) is 31.3 Å². The molecule has 2 aliphatic rings. The number of rotatable bonds is 1. The number of carboxylic acid groups (broad SMARTS) is 1. The van der Waals surface area contributed by atoms with E-state index in [1.807, 2.05) is 0 Å². The summed E-state index contributed by atoms with van der Waals surface area (Å²) >= 11 is 0. The van der Waals surface area contributed by atoms with Crippen LogP contribution in [0.4, 0.5) is 5.69 Å². The van der Waals surface area contributed by atoms with Gasteiger partial charge in [-0.2, -0.15) is 0 Å². The molecule has 1 aromatic carbocycles. The zero-order valence-corrected chi connectivity index (χ0v) is 11.2. The van der Waals surface area contributed by atoms with E-state index in [0.29, 0.717) is 19.4 Å². The number of anilines is 1. The minimum absolute atomic E-state index is 0.319. The van der Waals surface area contributed by atoms with Crippen LogP contribution >= 0.6 is 0 Å². The zero-order valence-electron chi connectivity index (χ0n) is 11.2. The molecule has 2 aliphatic heterocycles. The van der Waals surface area contributed by atoms with Gasteiger partial charge in [0.15, 0.2) is 0 Å². The molecule has 0 amide bonds. The molecule has 1 atom stereocenters. The quantitative estimate of drug-likeness (QED) is 0.841. The number of carboxylic acids is 1. The highest BCUT2D eigenvalue weighted by Gasteiger charge is 2.25. The first-order chi connectivity index (χ1) is 9.15. The van der Waals surface area contributed by atoms with Gasteiger partial charge in [0.2, 0.25) is 0 Å². The molecule has 102 valence electrons. The number of fused-ring (bicyclic) bond motifs is 2. The fourth-order valence-corrected chi connectivity index (χ4v) is 3.03. The molecule has 0 aromatic heterocycles. The monoisotopic (exact) mass is 261 g/mol. The van der Waals surface area contributed by atoms with Crippen molar-refractivity contribution in [1.82, 2.24) is 0 Å². The molecular formula is C15H19NO3. The Kier molecular flexibility index (Phi) is 3.09. The third-order valence-corrected chi connectivity index (χ3v) is 4.15. The molecule has 0 saturated carbocycles. The Morgan fingerprint density at radius 3 is 3.05 bits per heavy atom. The summed E-state index contributed by atoms with van der Waals surface area (Å²) in [6.45, 7) is 1.57. The predicted octanol–water partition coefficient (Wildman–Crippen LogP) is 2.09. The minimum atomic E-state index is -0.716. The van der Waals surface area contributed by atoms with Crippen LogP contribution in [0.15, 0.2) is 12.1 Å². The van der Waals surface area contributed by atoms with E-state index in [1.54, 1.807) is 0 Å². The standard InChI is InChI=1S/C15H19NO3/c1-16-5-2-3-10-7-12-8-11(15(17)18)4-6-19-14(12)9-13(10)16/h7,9,11H,2-6,8H2,1H3,(H,17,18). The molecule has 3 rings (SSSR count). The Balaban J connectivity index is 1.99. The van der Waals surface area contributed by atoms with Gasteiger partial charge in [-0.3, -0.25) is 4.79 Å². The summed E-state index contributed by atoms with van der Waals surface area (Å²) in [6, 6.07) is 4.25. The van der Waals surface area contributed by atoms with Gasteiger partial charge in [-0.1, -0.05) is 6.07 Å². The summed E-state index contributed by atoms with van der Waals surface area (Å²) in [7, 11) is 2.10. The Hall–Kier alpha value is -1.71. The largest absolute Gasteiger partial charge is 0.493 e. The van der Waals surface area contributed by atoms with Crippen molar-refractivity contribution in [2.24, 2.45) is 5.92 Å². The lowest BCUT2D eigenvalue weighted by Gasteiger charge is -2.28. The molecule has 4 nitrogen and oxygen atoms in total. The third kappa shape index (κ3) is 2.27. The van der Waals surface area contributed by atoms with Crippen molar-refractivity contribution in [3.05, 3.63) is 23.3 Å². The van der Waals surface area contributed by atoms with Gasteiger partial charge >= 0.3 is 5.97 Å². The second-order valence-corrected chi connectivity index (χ2v) is 5.49. The smallest absolute Gasteiger partial charge is 0.306 e. The van der Waals surface area contributed by atoms with Gasteiger partial charge in [-0.05, 0) is 36.8 Å². The van der Waals surface area contributed by atoms with Gasteiger partial charge in [0.25, 0.3) is 0 Å². The van der Waals surface area contributed by atoms with E-state index in [4.69, 9.17) is 4.74 Å². The highest BCUT2D eigenvalue weighted by atomic mass is 16.5. The molecule has 4 heteroatoms. The van der Waals surface area contributed by atoms with Crippen molar-refractivity contribution in [2.45, 2.75) is 25.7 Å². The maximum Gasteiger partial charge on any atom is 0.306 e. The highest BCUT2D eigenvalue weighted by Crippen LogP contribution is 2.36. The maximum absolute atomic E-state index is 11.2. The second-order valence-electron chi connectivity index (χ2n) is 5.49. The number of hydrogen-bond acceptors (Lipinski definition) is 3. The minimum Gasteiger partial charge on any atom is -0.493 e. The van der Waals surface area contributed by atoms with E-state index < -0.39 is 5.97 Å². The molecular weight excluding hydrogens is 242 g/mol. The fraction of sp³-hybridized carbons (Fsp3) is 0.533. The lowest BCUT2D eigenvalue weighted by atomic mass is 9.93. The van der Waals surface area contributed by atoms with E-state index in [9.17, 15) is 9.90 Å². The van der Waals surface area contributed by atoms with E-state index in [2.05, 4.69) is 24.1 Å². The normalized spacial score (nSPS) is 21.9. The molecule has 0 radical (unpaired) electrons. The molecule has 1 unspecified atom stereocenters. The molecule has 0 bridgehead atoms. The van der Waals surface area contributed by atoms with Crippen molar-refractivity contribution in [3.8, 4) is 5.75 Å². The van der Waals surface area contributed by atoms with Crippen LogP contribution in [0, 0.1) is 5.92 Å². The highest BCUT2D eigenvalue weighted by molar-refractivity contribution is 5.71. The van der Waals surface area contributed by atoms with Crippen LogP contribution in [0.2, 0.25) is 0 Å². The number of benzene rings is 1. The van der Waals surface area contributed by atoms with Gasteiger partial charge < -0.3 is 14.7 Å². The van der Waals surface area contributed by atoms with Crippen molar-refractivity contribution in [2.75, 3.05) is 25.1 Å². The molecule has 0 aliphatic carbocycles. The number of aryl methyl sites for hydroxylation is 1. The average Bonchev–Trinajstić information content (AvgIpc) is 2.59. The SMILES string of the molecule is CN1CCCc2cc3c(cc21)OCCC(C(=O)O)C3. The van der Waals surface area contributed by atoms with Crippen molar-refractivity contribution in [3.63, 3.8) is 0 Å². The maximum atomic E-state index is 11.2. The second kappa shape index (κ2) is 4.76. The summed E-state index contributed by atoms with van der Waals surface area (Å²) < 4.78 is 5.75. The lowest BCUT2D eigenvalue weighted by Crippen LogP contribution is -2.25. The predicted molar refractivity (Wildman–Crippen MR) is 73.0 cm³/mol. The Bertz CT molecular complexity index is 512. The van der Waals surface area contributed by atoms with Crippen LogP contribution in [-0.2, 0) is 17.6 Å². The number of nitrogens with zero attached hydrogens (tertiary/aromatic N) is 1. The zero-order chi connectivity index (χ0) is 13.4. The Morgan fingerprint density at radius 1 is 1.42 bits per heavy atom. The van der Waals surface area contributed by atoms with Gasteiger partial charge in [0, 0.05) is 25.3 Å². The van der Waals surface area contributed by atoms with E-state index in [0.717, 1.165) is 30.7 Å². The van der Waals surface area contributed by atoms with Crippen LogP contribution in [0.25, 0.3) is 0 Å². The third-order valence-electron chi connectivity index (χ3n) is 4.15. The van der Waals surface area contributed by atoms with Gasteiger partial charge in [-0.25, -0.2) is 0 Å². The number of carbonyl (C=O) groups is 1. The van der Waals surface area contributed by atoms with Crippen molar-refractivity contribution in [1.29, 1.82) is 0 Å². The average molecular weight is 261 g/mol. The summed E-state index contributed by atoms with van der Waals surface area (Å²) in [5, 5.41) is 9.21. The molecule has 0 spiro atoms. The van der Waals surface area contributed by atoms with Crippen LogP contribution in [0.3, 0.4) is 0 Å². The summed E-state index contributed by atoms with van der Waals surface area (Å²) in [6.07, 6.45) is 3.41. The van der Waals surface area contributed by atoms with Crippen LogP contribution in [0.1, 0.15) is 24.0 Å². The first-order valence-corrected chi connectivity index (χ1v) is 6.87. The number of aliphatic carboxylic acids is 1. The van der Waals surface area contributed by atoms with Crippen LogP contribution < -0.4 is 9.64 Å². The van der Waals surface area contributed by atoms with E-state index in [-0.39, 0.29) is 5.92 Å². The molecule has 0 fully saturated rings. The van der Waals surface area contributed by atoms with Crippen LogP contribution in [0.5, 0.6) is 5.75 Å². The summed E-state index contributed by atoms with van der Waals surface area (Å²) in [5.41, 5.74) is 3.61. The topological polar surface area (TPSA) is 49.8 Å². The van der Waals surface area contributed by atoms with Crippen molar-refractivity contribution < 1.29 is 14.6 Å². The molecule has 0 saturated heterocycles. The number of hydrogen-bond donors (Lipinski definition) is 1. The molecule has 2 heterocycles. The summed E-state index contributed by atoms with van der Waals surface area (Å²) in [5.74, 6) is -0.164. The van der Waals surface area contributed by atoms with E-state index >= 15 is 0 Å². The first-order valence-electron chi connectivity index (χ1n) is 6.87. The number of ether oxygens (including phenoxy) is 1. The van der Waals surface area contributed by atoms with Gasteiger partial charge in [0.05, 0.1) is 12.5 Å². The molecule has 1 N–H and O–H groups in total. The van der Waals surface area contributed by atoms with Gasteiger partial charge in [0.1, 0.15) is 5.75 Å². The Morgan fingerprint density at radius 2 is 2.26 bits per heavy atom. The summed E-state index contributed by atoms with van der Waals surface area (Å²) in [4.78, 5) is 13.4. The fourth-order valence-electron chi connectivity index (χ4n) is 3.03. The first kappa shape index (κ1) is 12.3. The Labute approximate surface area is 113 Å². The molecule has 19 heavy (non-hydrogen) atoms. The van der Waals surface area contributed by atoms with Crippen molar-refractivity contribution >= 4 is 11.7 Å².